The number of ether oxygens (including phenoxy) is 2. The Morgan fingerprint density at radius 2 is 1.68 bits per heavy atom. The molecule has 0 fully saturated rings. The highest BCUT2D eigenvalue weighted by Crippen LogP contribution is 2.36. The van der Waals surface area contributed by atoms with Crippen molar-refractivity contribution >= 4 is 50.3 Å². The number of hydrogen-bond donors (Lipinski definition) is 2. The number of esters is 1. The molecule has 34 heavy (non-hydrogen) atoms. The van der Waals surface area contributed by atoms with Gasteiger partial charge in [-0.2, -0.15) is 5.10 Å². The van der Waals surface area contributed by atoms with E-state index >= 15 is 0 Å². The summed E-state index contributed by atoms with van der Waals surface area (Å²) in [5.41, 5.74) is 1.15. The molecule has 2 N–H and O–H groups in total. The Morgan fingerprint density at radius 1 is 0.971 bits per heavy atom. The van der Waals surface area contributed by atoms with E-state index in [4.69, 9.17) is 13.9 Å². The van der Waals surface area contributed by atoms with Crippen molar-refractivity contribution in [1.82, 2.24) is 10.2 Å². The number of amides is 1. The number of anilines is 1. The fourth-order valence-corrected chi connectivity index (χ4v) is 3.79. The summed E-state index contributed by atoms with van der Waals surface area (Å²) in [5, 5.41) is 11.2. The minimum Gasteiger partial charge on any atom is -0.495 e. The van der Waals surface area contributed by atoms with Crippen molar-refractivity contribution < 1.29 is 23.5 Å². The smallest absolute Gasteiger partial charge is 0.360 e. The molecule has 1 atom stereocenters. The summed E-state index contributed by atoms with van der Waals surface area (Å²) < 4.78 is 16.7. The van der Waals surface area contributed by atoms with Gasteiger partial charge in [0, 0.05) is 22.2 Å². The first-order valence-electron chi connectivity index (χ1n) is 10.4. The molecule has 2 heterocycles. The molecule has 0 aliphatic heterocycles. The third kappa shape index (κ3) is 3.62. The molecule has 0 aliphatic rings. The van der Waals surface area contributed by atoms with Crippen LogP contribution in [0.4, 0.5) is 5.69 Å². The summed E-state index contributed by atoms with van der Waals surface area (Å²) in [6.45, 7) is 1.44. The molecule has 170 valence electrons. The lowest BCUT2D eigenvalue weighted by Gasteiger charge is -2.15. The molecule has 0 spiro atoms. The highest BCUT2D eigenvalue weighted by atomic mass is 16.5. The van der Waals surface area contributed by atoms with E-state index in [1.54, 1.807) is 36.4 Å². The highest BCUT2D eigenvalue weighted by Gasteiger charge is 2.23. The number of carbonyl (C=O) groups excluding carboxylic acids is 2. The number of aromatic amines is 1. The predicted octanol–water partition coefficient (Wildman–Crippen LogP) is 4.02. The van der Waals surface area contributed by atoms with E-state index in [1.807, 2.05) is 24.3 Å². The summed E-state index contributed by atoms with van der Waals surface area (Å²) in [4.78, 5) is 37.5. The van der Waals surface area contributed by atoms with Gasteiger partial charge in [-0.15, -0.1) is 0 Å². The SMILES string of the molecule is COc1cc2c(cc1NC(=O)[C@H](C)OC(=O)c1n[nH]c(=O)c3ccccc13)oc1ccccc12. The van der Waals surface area contributed by atoms with Crippen molar-refractivity contribution in [1.29, 1.82) is 0 Å². The number of para-hydroxylation sites is 1. The van der Waals surface area contributed by atoms with Gasteiger partial charge >= 0.3 is 5.97 Å². The Bertz CT molecular complexity index is 1630. The molecule has 9 heteroatoms. The van der Waals surface area contributed by atoms with Gasteiger partial charge in [0.2, 0.25) is 0 Å². The molecule has 5 aromatic rings. The second-order valence-corrected chi connectivity index (χ2v) is 7.63. The van der Waals surface area contributed by atoms with Gasteiger partial charge < -0.3 is 19.2 Å². The van der Waals surface area contributed by atoms with E-state index in [2.05, 4.69) is 15.5 Å². The number of nitrogens with one attached hydrogen (secondary N) is 2. The topological polar surface area (TPSA) is 124 Å². The van der Waals surface area contributed by atoms with Crippen molar-refractivity contribution in [3.63, 3.8) is 0 Å². The Morgan fingerprint density at radius 3 is 2.44 bits per heavy atom. The molecule has 0 unspecified atom stereocenters. The molecule has 2 aromatic heterocycles. The van der Waals surface area contributed by atoms with Crippen LogP contribution in [-0.4, -0.2) is 35.3 Å². The maximum Gasteiger partial charge on any atom is 0.360 e. The van der Waals surface area contributed by atoms with Gasteiger partial charge in [-0.25, -0.2) is 9.89 Å². The molecular weight excluding hydrogens is 438 g/mol. The van der Waals surface area contributed by atoms with Crippen LogP contribution >= 0.6 is 0 Å². The fraction of sp³-hybridized carbons (Fsp3) is 0.120. The molecule has 0 saturated carbocycles. The van der Waals surface area contributed by atoms with Gasteiger partial charge in [0.1, 0.15) is 16.9 Å². The van der Waals surface area contributed by atoms with Gasteiger partial charge in [0.05, 0.1) is 18.2 Å². The van der Waals surface area contributed by atoms with Crippen LogP contribution in [0.2, 0.25) is 0 Å². The van der Waals surface area contributed by atoms with Crippen LogP contribution in [-0.2, 0) is 9.53 Å². The molecule has 0 bridgehead atoms. The normalized spacial score (nSPS) is 12.1. The van der Waals surface area contributed by atoms with Gasteiger partial charge in [-0.1, -0.05) is 36.4 Å². The second kappa shape index (κ2) is 8.36. The average molecular weight is 457 g/mol. The molecule has 0 radical (unpaired) electrons. The number of aromatic nitrogens is 2. The summed E-state index contributed by atoms with van der Waals surface area (Å²) >= 11 is 0. The van der Waals surface area contributed by atoms with Crippen LogP contribution in [0.15, 0.2) is 69.9 Å². The number of rotatable bonds is 5. The lowest BCUT2D eigenvalue weighted by atomic mass is 10.1. The van der Waals surface area contributed by atoms with Gasteiger partial charge in [0.15, 0.2) is 11.8 Å². The lowest BCUT2D eigenvalue weighted by molar-refractivity contribution is -0.123. The maximum atomic E-state index is 12.8. The van der Waals surface area contributed by atoms with Gasteiger partial charge in [-0.3, -0.25) is 9.59 Å². The number of carbonyl (C=O) groups is 2. The summed E-state index contributed by atoms with van der Waals surface area (Å²) in [6, 6.07) is 17.5. The van der Waals surface area contributed by atoms with Crippen LogP contribution in [0.3, 0.4) is 0 Å². The van der Waals surface area contributed by atoms with E-state index in [9.17, 15) is 14.4 Å². The Kier molecular flexibility index (Phi) is 5.21. The van der Waals surface area contributed by atoms with Crippen LogP contribution in [0.1, 0.15) is 17.4 Å². The zero-order valence-corrected chi connectivity index (χ0v) is 18.2. The summed E-state index contributed by atoms with van der Waals surface area (Å²) in [7, 11) is 1.50. The molecule has 3 aromatic carbocycles. The van der Waals surface area contributed by atoms with Gasteiger partial charge in [0.25, 0.3) is 11.5 Å². The second-order valence-electron chi connectivity index (χ2n) is 7.63. The van der Waals surface area contributed by atoms with Crippen molar-refractivity contribution in [2.24, 2.45) is 0 Å². The van der Waals surface area contributed by atoms with E-state index in [0.717, 1.165) is 10.8 Å². The van der Waals surface area contributed by atoms with Crippen molar-refractivity contribution in [3.05, 3.63) is 76.7 Å². The monoisotopic (exact) mass is 457 g/mol. The van der Waals surface area contributed by atoms with Crippen molar-refractivity contribution in [3.8, 4) is 5.75 Å². The predicted molar refractivity (Wildman–Crippen MR) is 126 cm³/mol. The molecule has 9 nitrogen and oxygen atoms in total. The van der Waals surface area contributed by atoms with Crippen LogP contribution < -0.4 is 15.6 Å². The number of furan rings is 1. The highest BCUT2D eigenvalue weighted by molar-refractivity contribution is 6.08. The number of nitrogens with zero attached hydrogens (tertiary/aromatic N) is 1. The number of methoxy groups -OCH3 is 1. The number of fused-ring (bicyclic) bond motifs is 4. The van der Waals surface area contributed by atoms with E-state index in [0.29, 0.717) is 33.4 Å². The zero-order valence-electron chi connectivity index (χ0n) is 18.2. The Hall–Kier alpha value is -4.66. The average Bonchev–Trinajstić information content (AvgIpc) is 3.21. The van der Waals surface area contributed by atoms with Crippen molar-refractivity contribution in [2.75, 3.05) is 12.4 Å². The van der Waals surface area contributed by atoms with Crippen molar-refractivity contribution in [2.45, 2.75) is 13.0 Å². The Labute approximate surface area is 192 Å². The van der Waals surface area contributed by atoms with Crippen LogP contribution in [0, 0.1) is 0 Å². The molecule has 1 amide bonds. The zero-order chi connectivity index (χ0) is 23.8. The molecular formula is C25H19N3O6. The fourth-order valence-electron chi connectivity index (χ4n) is 3.79. The minimum atomic E-state index is -1.16. The first-order valence-corrected chi connectivity index (χ1v) is 10.4. The Balaban J connectivity index is 1.39. The summed E-state index contributed by atoms with van der Waals surface area (Å²) in [6.07, 6.45) is -1.16. The van der Waals surface area contributed by atoms with Gasteiger partial charge in [-0.05, 0) is 25.1 Å². The minimum absolute atomic E-state index is 0.0869. The molecule has 5 rings (SSSR count). The number of H-pyrrole nitrogens is 1. The third-order valence-electron chi connectivity index (χ3n) is 5.50. The first-order chi connectivity index (χ1) is 16.5. The first kappa shape index (κ1) is 21.2. The number of hydrogen-bond acceptors (Lipinski definition) is 7. The number of benzene rings is 3. The molecule has 0 aliphatic carbocycles. The standard InChI is InChI=1S/C25H19N3O6/c1-13(33-25(31)22-15-8-3-4-9-16(15)24(30)28-27-22)23(29)26-18-12-20-17(11-21(18)32-2)14-7-5-6-10-19(14)34-20/h3-13H,1-2H3,(H,26,29)(H,28,30)/t13-/m0/s1. The largest absolute Gasteiger partial charge is 0.495 e. The quantitative estimate of drug-likeness (QED) is 0.382. The molecule has 0 saturated heterocycles. The van der Waals surface area contributed by atoms with E-state index < -0.39 is 23.5 Å². The maximum absolute atomic E-state index is 12.8. The van der Waals surface area contributed by atoms with Crippen LogP contribution in [0.5, 0.6) is 5.75 Å². The van der Waals surface area contributed by atoms with E-state index in [-0.39, 0.29) is 5.69 Å². The lowest BCUT2D eigenvalue weighted by Crippen LogP contribution is -2.30. The van der Waals surface area contributed by atoms with E-state index in [1.165, 1.54) is 14.0 Å². The third-order valence-corrected chi connectivity index (χ3v) is 5.50. The van der Waals surface area contributed by atoms with Crippen LogP contribution in [0.25, 0.3) is 32.7 Å². The summed E-state index contributed by atoms with van der Waals surface area (Å²) in [5.74, 6) is -0.982.